The van der Waals surface area contributed by atoms with Crippen LogP contribution in [-0.2, 0) is 6.54 Å². The van der Waals surface area contributed by atoms with Gasteiger partial charge in [0.25, 0.3) is 5.91 Å². The summed E-state index contributed by atoms with van der Waals surface area (Å²) in [5.41, 5.74) is 3.44. The molecule has 3 aromatic carbocycles. The highest BCUT2D eigenvalue weighted by atomic mass is 35.5. The highest BCUT2D eigenvalue weighted by Crippen LogP contribution is 2.17. The van der Waals surface area contributed by atoms with Crippen molar-refractivity contribution in [2.45, 2.75) is 6.54 Å². The number of carbonyl (C=O) groups is 1. The zero-order valence-electron chi connectivity index (χ0n) is 14.3. The molecule has 0 spiro atoms. The second-order valence-corrected chi connectivity index (χ2v) is 6.18. The van der Waals surface area contributed by atoms with Gasteiger partial charge in [-0.15, -0.1) is 0 Å². The topological polar surface area (TPSA) is 50.4 Å². The average Bonchev–Trinajstić information content (AvgIpc) is 2.68. The Labute approximate surface area is 157 Å². The van der Waals surface area contributed by atoms with Crippen molar-refractivity contribution in [1.82, 2.24) is 0 Å². The standard InChI is InChI=1S/C21H19ClN2O2/c1-26-20-12-4-16(5-13-20)21(25)24-19-10-8-18(9-11-19)23-14-15-2-6-17(22)7-3-15/h2-13,23H,14H2,1H3,(H,24,25). The van der Waals surface area contributed by atoms with E-state index in [4.69, 9.17) is 16.3 Å². The minimum Gasteiger partial charge on any atom is -0.497 e. The fourth-order valence-corrected chi connectivity index (χ4v) is 2.55. The second kappa shape index (κ2) is 8.41. The molecule has 3 rings (SSSR count). The van der Waals surface area contributed by atoms with E-state index in [1.165, 1.54) is 0 Å². The van der Waals surface area contributed by atoms with Crippen molar-refractivity contribution >= 4 is 28.9 Å². The lowest BCUT2D eigenvalue weighted by Gasteiger charge is -2.09. The smallest absolute Gasteiger partial charge is 0.255 e. The van der Waals surface area contributed by atoms with Gasteiger partial charge in [-0.2, -0.15) is 0 Å². The predicted molar refractivity (Wildman–Crippen MR) is 106 cm³/mol. The van der Waals surface area contributed by atoms with E-state index in [9.17, 15) is 4.79 Å². The number of methoxy groups -OCH3 is 1. The van der Waals surface area contributed by atoms with Gasteiger partial charge in [0.15, 0.2) is 0 Å². The third kappa shape index (κ3) is 4.77. The maximum absolute atomic E-state index is 12.3. The first-order valence-corrected chi connectivity index (χ1v) is 8.55. The predicted octanol–water partition coefficient (Wildman–Crippen LogP) is 5.21. The van der Waals surface area contributed by atoms with Crippen LogP contribution in [0, 0.1) is 0 Å². The van der Waals surface area contributed by atoms with Gasteiger partial charge in [0.1, 0.15) is 5.75 Å². The lowest BCUT2D eigenvalue weighted by atomic mass is 10.2. The van der Waals surface area contributed by atoms with Crippen molar-refractivity contribution in [3.05, 3.63) is 88.9 Å². The lowest BCUT2D eigenvalue weighted by molar-refractivity contribution is 0.102. The minimum absolute atomic E-state index is 0.158. The van der Waals surface area contributed by atoms with E-state index in [-0.39, 0.29) is 5.91 Å². The third-order valence-corrected chi connectivity index (χ3v) is 4.16. The number of ether oxygens (including phenoxy) is 1. The molecule has 2 N–H and O–H groups in total. The maximum Gasteiger partial charge on any atom is 0.255 e. The van der Waals surface area contributed by atoms with Gasteiger partial charge in [0.2, 0.25) is 0 Å². The van der Waals surface area contributed by atoms with Crippen LogP contribution < -0.4 is 15.4 Å². The molecular weight excluding hydrogens is 348 g/mol. The number of nitrogens with one attached hydrogen (secondary N) is 2. The molecule has 26 heavy (non-hydrogen) atoms. The SMILES string of the molecule is COc1ccc(C(=O)Nc2ccc(NCc3ccc(Cl)cc3)cc2)cc1. The van der Waals surface area contributed by atoms with E-state index in [0.29, 0.717) is 12.1 Å². The molecule has 0 saturated carbocycles. The summed E-state index contributed by atoms with van der Waals surface area (Å²) in [6.07, 6.45) is 0. The zero-order chi connectivity index (χ0) is 18.4. The number of anilines is 2. The number of amides is 1. The molecule has 0 atom stereocenters. The van der Waals surface area contributed by atoms with Crippen molar-refractivity contribution in [1.29, 1.82) is 0 Å². The van der Waals surface area contributed by atoms with Crippen molar-refractivity contribution in [3.8, 4) is 5.75 Å². The van der Waals surface area contributed by atoms with Gasteiger partial charge in [-0.3, -0.25) is 4.79 Å². The molecule has 0 saturated heterocycles. The van der Waals surface area contributed by atoms with Crippen molar-refractivity contribution in [2.24, 2.45) is 0 Å². The molecule has 4 nitrogen and oxygen atoms in total. The summed E-state index contributed by atoms with van der Waals surface area (Å²) in [6, 6.07) is 22.3. The van der Waals surface area contributed by atoms with Crippen LogP contribution in [0.25, 0.3) is 0 Å². The number of halogens is 1. The maximum atomic E-state index is 12.3. The molecule has 0 bridgehead atoms. The normalized spacial score (nSPS) is 10.2. The van der Waals surface area contributed by atoms with Gasteiger partial charge in [-0.1, -0.05) is 23.7 Å². The van der Waals surface area contributed by atoms with Crippen LogP contribution in [0.1, 0.15) is 15.9 Å². The van der Waals surface area contributed by atoms with Crippen LogP contribution in [0.2, 0.25) is 5.02 Å². The van der Waals surface area contributed by atoms with Gasteiger partial charge in [-0.05, 0) is 66.2 Å². The van der Waals surface area contributed by atoms with Gasteiger partial charge < -0.3 is 15.4 Å². The number of hydrogen-bond acceptors (Lipinski definition) is 3. The molecule has 0 aromatic heterocycles. The average molecular weight is 367 g/mol. The molecule has 5 heteroatoms. The highest BCUT2D eigenvalue weighted by Gasteiger charge is 2.06. The summed E-state index contributed by atoms with van der Waals surface area (Å²) in [5.74, 6) is 0.562. The molecule has 0 unspecified atom stereocenters. The van der Waals surface area contributed by atoms with Gasteiger partial charge >= 0.3 is 0 Å². The summed E-state index contributed by atoms with van der Waals surface area (Å²) < 4.78 is 5.10. The first-order valence-electron chi connectivity index (χ1n) is 8.18. The first kappa shape index (κ1) is 17.8. The van der Waals surface area contributed by atoms with Crippen LogP contribution in [0.5, 0.6) is 5.75 Å². The van der Waals surface area contributed by atoms with Crippen molar-refractivity contribution in [3.63, 3.8) is 0 Å². The Bertz CT molecular complexity index is 860. The van der Waals surface area contributed by atoms with E-state index < -0.39 is 0 Å². The van der Waals surface area contributed by atoms with Crippen LogP contribution in [0.15, 0.2) is 72.8 Å². The van der Waals surface area contributed by atoms with E-state index in [0.717, 1.165) is 27.7 Å². The largest absolute Gasteiger partial charge is 0.497 e. The monoisotopic (exact) mass is 366 g/mol. The Morgan fingerprint density at radius 1 is 0.885 bits per heavy atom. The Balaban J connectivity index is 1.56. The number of benzene rings is 3. The first-order chi connectivity index (χ1) is 12.6. The Morgan fingerprint density at radius 2 is 1.50 bits per heavy atom. The van der Waals surface area contributed by atoms with Crippen LogP contribution >= 0.6 is 11.6 Å². The molecule has 1 amide bonds. The van der Waals surface area contributed by atoms with Gasteiger partial charge in [0.05, 0.1) is 7.11 Å². The van der Waals surface area contributed by atoms with E-state index in [1.54, 1.807) is 31.4 Å². The number of rotatable bonds is 6. The highest BCUT2D eigenvalue weighted by molar-refractivity contribution is 6.30. The Morgan fingerprint density at radius 3 is 2.12 bits per heavy atom. The molecule has 0 aliphatic rings. The lowest BCUT2D eigenvalue weighted by Crippen LogP contribution is -2.11. The molecule has 0 aliphatic carbocycles. The van der Waals surface area contributed by atoms with Gasteiger partial charge in [0, 0.05) is 28.5 Å². The second-order valence-electron chi connectivity index (χ2n) is 5.74. The van der Waals surface area contributed by atoms with Crippen LogP contribution in [-0.4, -0.2) is 13.0 Å². The van der Waals surface area contributed by atoms with Crippen LogP contribution in [0.3, 0.4) is 0 Å². The third-order valence-electron chi connectivity index (χ3n) is 3.90. The molecule has 0 radical (unpaired) electrons. The van der Waals surface area contributed by atoms with Crippen molar-refractivity contribution < 1.29 is 9.53 Å². The molecular formula is C21H19ClN2O2. The Kier molecular flexibility index (Phi) is 5.77. The van der Waals surface area contributed by atoms with Gasteiger partial charge in [-0.25, -0.2) is 0 Å². The molecule has 132 valence electrons. The van der Waals surface area contributed by atoms with Crippen molar-refractivity contribution in [2.75, 3.05) is 17.7 Å². The number of carbonyl (C=O) groups excluding carboxylic acids is 1. The fraction of sp³-hybridized carbons (Fsp3) is 0.0952. The van der Waals surface area contributed by atoms with Crippen LogP contribution in [0.4, 0.5) is 11.4 Å². The summed E-state index contributed by atoms with van der Waals surface area (Å²) in [7, 11) is 1.59. The summed E-state index contributed by atoms with van der Waals surface area (Å²) in [5, 5.41) is 6.94. The summed E-state index contributed by atoms with van der Waals surface area (Å²) >= 11 is 5.89. The van der Waals surface area contributed by atoms with E-state index in [2.05, 4.69) is 10.6 Å². The molecule has 3 aromatic rings. The minimum atomic E-state index is -0.158. The summed E-state index contributed by atoms with van der Waals surface area (Å²) in [4.78, 5) is 12.3. The van der Waals surface area contributed by atoms with E-state index in [1.807, 2.05) is 48.5 Å². The Hall–Kier alpha value is -2.98. The molecule has 0 heterocycles. The number of hydrogen-bond donors (Lipinski definition) is 2. The van der Waals surface area contributed by atoms with E-state index >= 15 is 0 Å². The quantitative estimate of drug-likeness (QED) is 0.629. The fourth-order valence-electron chi connectivity index (χ4n) is 2.42. The molecule has 0 fully saturated rings. The summed E-state index contributed by atoms with van der Waals surface area (Å²) in [6.45, 7) is 0.703. The molecule has 0 aliphatic heterocycles. The zero-order valence-corrected chi connectivity index (χ0v) is 15.1.